The highest BCUT2D eigenvalue weighted by atomic mass is 32.1. The number of nitrogens with two attached hydrogens (primary N) is 1. The van der Waals surface area contributed by atoms with E-state index in [1.165, 1.54) is 31.7 Å². The summed E-state index contributed by atoms with van der Waals surface area (Å²) in [6, 6.07) is 5.45. The molecule has 1 aromatic carbocycles. The maximum atomic E-state index is 13.8. The Bertz CT molecular complexity index is 469. The van der Waals surface area contributed by atoms with Crippen molar-refractivity contribution in [3.63, 3.8) is 0 Å². The van der Waals surface area contributed by atoms with Gasteiger partial charge in [0.15, 0.2) is 0 Å². The molecule has 18 heavy (non-hydrogen) atoms. The molecular formula is C14H17FN2S. The van der Waals surface area contributed by atoms with E-state index in [4.69, 9.17) is 18.0 Å². The molecular weight excluding hydrogens is 247 g/mol. The second kappa shape index (κ2) is 4.50. The van der Waals surface area contributed by atoms with Crippen LogP contribution in [0.2, 0.25) is 0 Å². The first-order valence-electron chi connectivity index (χ1n) is 6.51. The van der Waals surface area contributed by atoms with Crippen LogP contribution in [0, 0.1) is 17.7 Å². The summed E-state index contributed by atoms with van der Waals surface area (Å²) >= 11 is 4.95. The normalized spacial score (nSPS) is 19.0. The van der Waals surface area contributed by atoms with Crippen molar-refractivity contribution < 1.29 is 4.39 Å². The van der Waals surface area contributed by atoms with Crippen LogP contribution in [0.15, 0.2) is 18.2 Å². The minimum Gasteiger partial charge on any atom is -0.389 e. The van der Waals surface area contributed by atoms with E-state index in [9.17, 15) is 4.39 Å². The van der Waals surface area contributed by atoms with Crippen molar-refractivity contribution in [1.82, 2.24) is 0 Å². The summed E-state index contributed by atoms with van der Waals surface area (Å²) in [5.74, 6) is 1.16. The van der Waals surface area contributed by atoms with Gasteiger partial charge in [-0.1, -0.05) is 18.3 Å². The third-order valence-corrected chi connectivity index (χ3v) is 4.05. The molecule has 2 aliphatic carbocycles. The predicted molar refractivity (Wildman–Crippen MR) is 75.1 cm³/mol. The summed E-state index contributed by atoms with van der Waals surface area (Å²) in [7, 11) is 0. The molecule has 2 fully saturated rings. The number of thiocarbonyl (C=S) groups is 1. The lowest BCUT2D eigenvalue weighted by Crippen LogP contribution is -2.26. The Labute approximate surface area is 112 Å². The first-order valence-corrected chi connectivity index (χ1v) is 6.92. The lowest BCUT2D eigenvalue weighted by atomic mass is 10.1. The minimum absolute atomic E-state index is 0.126. The zero-order valence-electron chi connectivity index (χ0n) is 10.2. The van der Waals surface area contributed by atoms with Gasteiger partial charge in [0.25, 0.3) is 0 Å². The summed E-state index contributed by atoms with van der Waals surface area (Å²) in [5.41, 5.74) is 6.74. The number of rotatable bonds is 5. The lowest BCUT2D eigenvalue weighted by Gasteiger charge is -2.21. The second-order valence-corrected chi connectivity index (χ2v) is 5.81. The van der Waals surface area contributed by atoms with Gasteiger partial charge in [0.2, 0.25) is 0 Å². The van der Waals surface area contributed by atoms with Crippen molar-refractivity contribution in [3.8, 4) is 0 Å². The van der Waals surface area contributed by atoms with Crippen LogP contribution >= 0.6 is 12.2 Å². The maximum absolute atomic E-state index is 13.8. The van der Waals surface area contributed by atoms with Crippen molar-refractivity contribution in [2.24, 2.45) is 17.6 Å². The van der Waals surface area contributed by atoms with Crippen LogP contribution in [0.3, 0.4) is 0 Å². The average molecular weight is 264 g/mol. The number of hydrogen-bond acceptors (Lipinski definition) is 2. The molecule has 2 aliphatic rings. The van der Waals surface area contributed by atoms with Crippen LogP contribution in [0.1, 0.15) is 31.2 Å². The van der Waals surface area contributed by atoms with Crippen molar-refractivity contribution in [1.29, 1.82) is 0 Å². The first kappa shape index (κ1) is 11.9. The van der Waals surface area contributed by atoms with Gasteiger partial charge in [0, 0.05) is 11.7 Å². The van der Waals surface area contributed by atoms with Crippen molar-refractivity contribution >= 4 is 22.9 Å². The Morgan fingerprint density at radius 3 is 2.39 bits per heavy atom. The van der Waals surface area contributed by atoms with Gasteiger partial charge in [-0.2, -0.15) is 0 Å². The second-order valence-electron chi connectivity index (χ2n) is 5.37. The lowest BCUT2D eigenvalue weighted by molar-refractivity contribution is 0.566. The predicted octanol–water partition coefficient (Wildman–Crippen LogP) is 3.06. The van der Waals surface area contributed by atoms with Gasteiger partial charge in [-0.15, -0.1) is 0 Å². The third-order valence-electron chi connectivity index (χ3n) is 3.84. The third kappa shape index (κ3) is 2.34. The molecule has 96 valence electrons. The quantitative estimate of drug-likeness (QED) is 0.803. The number of hydrogen-bond donors (Lipinski definition) is 2. The number of halogens is 1. The van der Waals surface area contributed by atoms with Gasteiger partial charge in [-0.05, 0) is 49.7 Å². The van der Waals surface area contributed by atoms with E-state index in [1.807, 2.05) is 6.07 Å². The van der Waals surface area contributed by atoms with Crippen LogP contribution in [0.25, 0.3) is 0 Å². The van der Waals surface area contributed by atoms with Gasteiger partial charge in [-0.25, -0.2) is 4.39 Å². The highest BCUT2D eigenvalue weighted by Gasteiger charge is 2.41. The van der Waals surface area contributed by atoms with Gasteiger partial charge in [0.1, 0.15) is 10.8 Å². The van der Waals surface area contributed by atoms with E-state index >= 15 is 0 Å². The highest BCUT2D eigenvalue weighted by molar-refractivity contribution is 7.80. The van der Waals surface area contributed by atoms with Crippen LogP contribution in [-0.2, 0) is 0 Å². The molecule has 3 rings (SSSR count). The van der Waals surface area contributed by atoms with Crippen LogP contribution < -0.4 is 11.1 Å². The van der Waals surface area contributed by atoms with Gasteiger partial charge in [-0.3, -0.25) is 0 Å². The van der Waals surface area contributed by atoms with Crippen molar-refractivity contribution in [3.05, 3.63) is 29.6 Å². The van der Waals surface area contributed by atoms with E-state index in [-0.39, 0.29) is 10.8 Å². The Morgan fingerprint density at radius 1 is 1.28 bits per heavy atom. The van der Waals surface area contributed by atoms with Crippen LogP contribution in [0.4, 0.5) is 10.1 Å². The van der Waals surface area contributed by atoms with E-state index < -0.39 is 0 Å². The van der Waals surface area contributed by atoms with Crippen LogP contribution in [0.5, 0.6) is 0 Å². The largest absolute Gasteiger partial charge is 0.389 e. The number of nitrogens with one attached hydrogen (secondary N) is 1. The molecule has 0 unspecified atom stereocenters. The van der Waals surface area contributed by atoms with E-state index in [0.29, 0.717) is 11.6 Å². The molecule has 0 atom stereocenters. The Kier molecular flexibility index (Phi) is 2.98. The van der Waals surface area contributed by atoms with Crippen LogP contribution in [-0.4, -0.2) is 11.0 Å². The van der Waals surface area contributed by atoms with E-state index in [1.54, 1.807) is 6.07 Å². The fourth-order valence-corrected chi connectivity index (χ4v) is 2.81. The average Bonchev–Trinajstić information content (AvgIpc) is 3.17. The summed E-state index contributed by atoms with van der Waals surface area (Å²) in [5, 5.41) is 3.49. The van der Waals surface area contributed by atoms with Gasteiger partial charge < -0.3 is 11.1 Å². The molecule has 0 amide bonds. The zero-order chi connectivity index (χ0) is 12.7. The zero-order valence-corrected chi connectivity index (χ0v) is 11.0. The molecule has 4 heteroatoms. The number of benzene rings is 1. The topological polar surface area (TPSA) is 38.0 Å². The fourth-order valence-electron chi connectivity index (χ4n) is 2.61. The molecule has 2 nitrogen and oxygen atoms in total. The van der Waals surface area contributed by atoms with Crippen molar-refractivity contribution in [2.75, 3.05) is 5.32 Å². The molecule has 0 bridgehead atoms. The van der Waals surface area contributed by atoms with Gasteiger partial charge >= 0.3 is 0 Å². The van der Waals surface area contributed by atoms with Gasteiger partial charge in [0.05, 0.1) is 5.56 Å². The Hall–Kier alpha value is -1.16. The minimum atomic E-state index is -0.335. The molecule has 0 aliphatic heterocycles. The first-order chi connectivity index (χ1) is 8.66. The Balaban J connectivity index is 1.86. The molecule has 1 aromatic rings. The monoisotopic (exact) mass is 264 g/mol. The molecule has 0 spiro atoms. The Morgan fingerprint density at radius 2 is 1.89 bits per heavy atom. The highest BCUT2D eigenvalue weighted by Crippen LogP contribution is 2.46. The SMILES string of the molecule is NC(=S)c1c(F)cccc1NC(C1CC1)C1CC1. The molecule has 3 N–H and O–H groups in total. The molecule has 0 saturated heterocycles. The summed E-state index contributed by atoms with van der Waals surface area (Å²) in [6.07, 6.45) is 5.13. The number of anilines is 1. The standard InChI is InChI=1S/C14H17FN2S/c15-10-2-1-3-11(12(10)14(16)18)17-13(8-4-5-8)9-6-7-9/h1-3,8-9,13,17H,4-7H2,(H2,16,18). The molecule has 2 saturated carbocycles. The fraction of sp³-hybridized carbons (Fsp3) is 0.500. The molecule has 0 heterocycles. The summed E-state index contributed by atoms with van der Waals surface area (Å²) in [6.45, 7) is 0. The molecule has 0 radical (unpaired) electrons. The maximum Gasteiger partial charge on any atom is 0.135 e. The van der Waals surface area contributed by atoms with E-state index in [0.717, 1.165) is 17.5 Å². The summed E-state index contributed by atoms with van der Waals surface area (Å²) in [4.78, 5) is 0.126. The summed E-state index contributed by atoms with van der Waals surface area (Å²) < 4.78 is 13.8. The molecule has 0 aromatic heterocycles. The van der Waals surface area contributed by atoms with Crippen molar-refractivity contribution in [2.45, 2.75) is 31.7 Å². The van der Waals surface area contributed by atoms with E-state index in [2.05, 4.69) is 5.32 Å². The smallest absolute Gasteiger partial charge is 0.135 e.